The van der Waals surface area contributed by atoms with Gasteiger partial charge in [-0.3, -0.25) is 0 Å². The summed E-state index contributed by atoms with van der Waals surface area (Å²) in [6.07, 6.45) is 0.912. The fourth-order valence-corrected chi connectivity index (χ4v) is 3.15. The second-order valence-electron chi connectivity index (χ2n) is 7.41. The lowest BCUT2D eigenvalue weighted by molar-refractivity contribution is 0.405. The van der Waals surface area contributed by atoms with E-state index in [1.165, 1.54) is 5.69 Å². The molecule has 1 aromatic heterocycles. The second-order valence-corrected chi connectivity index (χ2v) is 7.84. The molecule has 24 heavy (non-hydrogen) atoms. The topological polar surface area (TPSA) is 25.2 Å². The highest BCUT2D eigenvalue weighted by Crippen LogP contribution is 2.32. The monoisotopic (exact) mass is 339 g/mol. The van der Waals surface area contributed by atoms with Crippen LogP contribution in [-0.2, 0) is 6.42 Å². The van der Waals surface area contributed by atoms with Crippen LogP contribution >= 0.6 is 11.6 Å². The Morgan fingerprint density at radius 1 is 1.08 bits per heavy atom. The van der Waals surface area contributed by atoms with E-state index in [1.54, 1.807) is 12.1 Å². The Balaban J connectivity index is 2.18. The van der Waals surface area contributed by atoms with Gasteiger partial charge in [0.1, 0.15) is 5.75 Å². The molecule has 0 radical (unpaired) electrons. The van der Waals surface area contributed by atoms with E-state index in [4.69, 9.17) is 11.6 Å². The average Bonchev–Trinajstić information content (AvgIpc) is 2.81. The maximum atomic E-state index is 9.80. The van der Waals surface area contributed by atoms with Crippen molar-refractivity contribution in [2.24, 2.45) is 5.41 Å². The Kier molecular flexibility index (Phi) is 4.18. The molecule has 0 aliphatic rings. The first kappa shape index (κ1) is 16.7. The van der Waals surface area contributed by atoms with Crippen molar-refractivity contribution in [3.63, 3.8) is 0 Å². The molecule has 0 atom stereocenters. The lowest BCUT2D eigenvalue weighted by Gasteiger charge is -2.21. The summed E-state index contributed by atoms with van der Waals surface area (Å²) in [5, 5.41) is 11.5. The molecular weight excluding hydrogens is 318 g/mol. The molecule has 0 amide bonds. The third-order valence-electron chi connectivity index (χ3n) is 4.02. The quantitative estimate of drug-likeness (QED) is 0.612. The van der Waals surface area contributed by atoms with Crippen LogP contribution in [0.15, 0.2) is 55.1 Å². The standard InChI is InChI=1S/C21H22ClNO/c1-14(15-5-7-17(22)8-6-15)23-18(13-21(2,3)4)11-16-12-19(24)9-10-20(16)23/h5-12,24H,1,13H2,2-4H3. The number of nitrogens with zero attached hydrogens (tertiary/aromatic N) is 1. The number of hydrogen-bond acceptors (Lipinski definition) is 1. The van der Waals surface area contributed by atoms with E-state index in [9.17, 15) is 5.11 Å². The van der Waals surface area contributed by atoms with Crippen molar-refractivity contribution in [2.75, 3.05) is 0 Å². The van der Waals surface area contributed by atoms with Crippen LogP contribution in [0.25, 0.3) is 16.6 Å². The summed E-state index contributed by atoms with van der Waals surface area (Å²) in [6.45, 7) is 11.0. The Morgan fingerprint density at radius 3 is 2.38 bits per heavy atom. The maximum Gasteiger partial charge on any atom is 0.116 e. The summed E-state index contributed by atoms with van der Waals surface area (Å²) >= 11 is 6.01. The Hall–Kier alpha value is -2.19. The van der Waals surface area contributed by atoms with Gasteiger partial charge >= 0.3 is 0 Å². The molecule has 0 unspecified atom stereocenters. The molecule has 2 nitrogen and oxygen atoms in total. The molecule has 0 aliphatic heterocycles. The van der Waals surface area contributed by atoms with Gasteiger partial charge < -0.3 is 9.67 Å². The molecule has 0 bridgehead atoms. The molecule has 2 aromatic carbocycles. The van der Waals surface area contributed by atoms with Crippen molar-refractivity contribution >= 4 is 28.2 Å². The predicted octanol–water partition coefficient (Wildman–Crippen LogP) is 6.11. The van der Waals surface area contributed by atoms with Crippen LogP contribution in [0.2, 0.25) is 5.02 Å². The highest BCUT2D eigenvalue weighted by Gasteiger charge is 2.19. The number of phenols is 1. The smallest absolute Gasteiger partial charge is 0.116 e. The third kappa shape index (κ3) is 3.34. The number of phenolic OH excluding ortho intramolecular Hbond substituents is 1. The highest BCUT2D eigenvalue weighted by molar-refractivity contribution is 6.30. The number of aromatic hydroxyl groups is 1. The van der Waals surface area contributed by atoms with Crippen LogP contribution in [0, 0.1) is 5.41 Å². The van der Waals surface area contributed by atoms with Crippen LogP contribution in [0.3, 0.4) is 0 Å². The summed E-state index contributed by atoms with van der Waals surface area (Å²) < 4.78 is 2.18. The zero-order valence-electron chi connectivity index (χ0n) is 14.3. The summed E-state index contributed by atoms with van der Waals surface area (Å²) in [6, 6.07) is 15.3. The van der Waals surface area contributed by atoms with Gasteiger partial charge in [0.2, 0.25) is 0 Å². The predicted molar refractivity (Wildman–Crippen MR) is 103 cm³/mol. The summed E-state index contributed by atoms with van der Waals surface area (Å²) in [7, 11) is 0. The van der Waals surface area contributed by atoms with Gasteiger partial charge in [-0.05, 0) is 53.8 Å². The van der Waals surface area contributed by atoms with Crippen molar-refractivity contribution in [1.82, 2.24) is 4.57 Å². The van der Waals surface area contributed by atoms with E-state index in [2.05, 4.69) is 38.0 Å². The minimum absolute atomic E-state index is 0.147. The maximum absolute atomic E-state index is 9.80. The highest BCUT2D eigenvalue weighted by atomic mass is 35.5. The van der Waals surface area contributed by atoms with E-state index < -0.39 is 0 Å². The van der Waals surface area contributed by atoms with Gasteiger partial charge in [0.25, 0.3) is 0 Å². The van der Waals surface area contributed by atoms with Gasteiger partial charge in [-0.1, -0.05) is 51.1 Å². The van der Waals surface area contributed by atoms with Crippen LogP contribution in [-0.4, -0.2) is 9.67 Å². The first-order valence-corrected chi connectivity index (χ1v) is 8.41. The van der Waals surface area contributed by atoms with E-state index >= 15 is 0 Å². The number of halogens is 1. The van der Waals surface area contributed by atoms with E-state index in [1.807, 2.05) is 30.3 Å². The van der Waals surface area contributed by atoms with E-state index in [0.29, 0.717) is 5.02 Å². The molecular formula is C21H22ClNO. The fraction of sp³-hybridized carbons (Fsp3) is 0.238. The first-order chi connectivity index (χ1) is 11.2. The largest absolute Gasteiger partial charge is 0.508 e. The van der Waals surface area contributed by atoms with Gasteiger partial charge in [0.05, 0.1) is 5.52 Å². The van der Waals surface area contributed by atoms with Crippen LogP contribution in [0.4, 0.5) is 0 Å². The van der Waals surface area contributed by atoms with Gasteiger partial charge in [0.15, 0.2) is 0 Å². The van der Waals surface area contributed by atoms with Gasteiger partial charge in [-0.25, -0.2) is 0 Å². The molecule has 0 spiro atoms. The second kappa shape index (κ2) is 6.03. The summed E-state index contributed by atoms with van der Waals surface area (Å²) in [5.74, 6) is 0.277. The molecule has 124 valence electrons. The van der Waals surface area contributed by atoms with E-state index in [-0.39, 0.29) is 11.2 Å². The van der Waals surface area contributed by atoms with Crippen molar-refractivity contribution in [2.45, 2.75) is 27.2 Å². The van der Waals surface area contributed by atoms with Crippen molar-refractivity contribution < 1.29 is 5.11 Å². The Labute approximate surface area is 148 Å². The van der Waals surface area contributed by atoms with Gasteiger partial charge in [-0.2, -0.15) is 0 Å². The number of aromatic nitrogens is 1. The van der Waals surface area contributed by atoms with Gasteiger partial charge in [-0.15, -0.1) is 0 Å². The normalized spacial score (nSPS) is 11.8. The van der Waals surface area contributed by atoms with Crippen molar-refractivity contribution in [3.05, 3.63) is 71.4 Å². The Morgan fingerprint density at radius 2 is 1.75 bits per heavy atom. The minimum atomic E-state index is 0.147. The molecule has 1 heterocycles. The molecule has 0 aliphatic carbocycles. The molecule has 0 saturated carbocycles. The fourth-order valence-electron chi connectivity index (χ4n) is 3.02. The van der Waals surface area contributed by atoms with Crippen LogP contribution in [0.1, 0.15) is 32.0 Å². The molecule has 3 rings (SSSR count). The van der Waals surface area contributed by atoms with Gasteiger partial charge in [0, 0.05) is 21.8 Å². The molecule has 3 aromatic rings. The molecule has 0 fully saturated rings. The molecule has 1 N–H and O–H groups in total. The zero-order valence-corrected chi connectivity index (χ0v) is 15.1. The number of fused-ring (bicyclic) bond motifs is 1. The molecule has 3 heteroatoms. The van der Waals surface area contributed by atoms with Crippen LogP contribution in [0.5, 0.6) is 5.75 Å². The third-order valence-corrected chi connectivity index (χ3v) is 4.27. The minimum Gasteiger partial charge on any atom is -0.508 e. The van der Waals surface area contributed by atoms with Crippen LogP contribution < -0.4 is 0 Å². The zero-order chi connectivity index (χ0) is 17.5. The summed E-state index contributed by atoms with van der Waals surface area (Å²) in [5.41, 5.74) is 4.32. The number of benzene rings is 2. The SMILES string of the molecule is C=C(c1ccc(Cl)cc1)n1c(CC(C)(C)C)cc2cc(O)ccc21. The molecule has 0 saturated heterocycles. The average molecular weight is 340 g/mol. The Bertz CT molecular complexity index is 898. The lowest BCUT2D eigenvalue weighted by Crippen LogP contribution is -2.13. The lowest BCUT2D eigenvalue weighted by atomic mass is 9.90. The number of rotatable bonds is 3. The first-order valence-electron chi connectivity index (χ1n) is 8.03. The number of hydrogen-bond donors (Lipinski definition) is 1. The van der Waals surface area contributed by atoms with Crippen molar-refractivity contribution in [3.8, 4) is 5.75 Å². The van der Waals surface area contributed by atoms with E-state index in [0.717, 1.165) is 28.6 Å². The van der Waals surface area contributed by atoms with Crippen molar-refractivity contribution in [1.29, 1.82) is 0 Å². The summed E-state index contributed by atoms with van der Waals surface area (Å²) in [4.78, 5) is 0.